The van der Waals surface area contributed by atoms with Gasteiger partial charge in [-0.05, 0) is 55.3 Å². The van der Waals surface area contributed by atoms with Gasteiger partial charge in [-0.1, -0.05) is 19.9 Å². The Morgan fingerprint density at radius 3 is 2.45 bits per heavy atom. The predicted molar refractivity (Wildman–Crippen MR) is 114 cm³/mol. The molecule has 0 atom stereocenters. The number of nitrogens with one attached hydrogen (secondary N) is 2. The Balaban J connectivity index is 2.33. The van der Waals surface area contributed by atoms with Gasteiger partial charge in [0.1, 0.15) is 5.00 Å². The maximum atomic E-state index is 12.7. The first-order valence-corrected chi connectivity index (χ1v) is 11.5. The van der Waals surface area contributed by atoms with Gasteiger partial charge < -0.3 is 10.1 Å². The number of benzene rings is 1. The molecular formula is C20H26N2O5S2. The van der Waals surface area contributed by atoms with E-state index in [9.17, 15) is 18.0 Å². The van der Waals surface area contributed by atoms with Crippen molar-refractivity contribution < 1.29 is 22.7 Å². The number of amides is 1. The standard InChI is InChI=1S/C20H26N2O5S2/c1-12(2)9-15-11-28-19(17(15)20(24)27-5)21-18(23)14-7-6-8-16(10-14)29(25,26)22-13(3)4/h6-8,10-13,22H,9H2,1-5H3,(H,21,23). The van der Waals surface area contributed by atoms with Crippen LogP contribution in [0.3, 0.4) is 0 Å². The molecule has 0 fully saturated rings. The van der Waals surface area contributed by atoms with Crippen LogP contribution in [0.5, 0.6) is 0 Å². The molecular weight excluding hydrogens is 412 g/mol. The van der Waals surface area contributed by atoms with Gasteiger partial charge in [-0.25, -0.2) is 17.9 Å². The molecule has 1 aromatic carbocycles. The number of carbonyl (C=O) groups is 2. The lowest BCUT2D eigenvalue weighted by Gasteiger charge is -2.11. The number of ether oxygens (including phenoxy) is 1. The molecule has 0 aliphatic carbocycles. The van der Waals surface area contributed by atoms with Crippen LogP contribution in [-0.4, -0.2) is 33.4 Å². The normalized spacial score (nSPS) is 11.7. The lowest BCUT2D eigenvalue weighted by molar-refractivity contribution is 0.0601. The van der Waals surface area contributed by atoms with E-state index in [2.05, 4.69) is 10.0 Å². The number of thiophene rings is 1. The molecule has 0 saturated heterocycles. The molecule has 2 rings (SSSR count). The largest absolute Gasteiger partial charge is 0.465 e. The smallest absolute Gasteiger partial charge is 0.341 e. The minimum atomic E-state index is -3.72. The van der Waals surface area contributed by atoms with E-state index in [0.29, 0.717) is 22.9 Å². The molecule has 2 aromatic rings. The summed E-state index contributed by atoms with van der Waals surface area (Å²) in [6, 6.07) is 5.48. The van der Waals surface area contributed by atoms with E-state index >= 15 is 0 Å². The molecule has 158 valence electrons. The summed E-state index contributed by atoms with van der Waals surface area (Å²) in [5, 5.41) is 4.93. The first-order chi connectivity index (χ1) is 13.5. The minimum Gasteiger partial charge on any atom is -0.465 e. The molecule has 0 aliphatic rings. The van der Waals surface area contributed by atoms with Crippen LogP contribution in [0.15, 0.2) is 34.5 Å². The monoisotopic (exact) mass is 438 g/mol. The number of anilines is 1. The van der Waals surface area contributed by atoms with Gasteiger partial charge in [0.2, 0.25) is 10.0 Å². The second kappa shape index (κ2) is 9.51. The van der Waals surface area contributed by atoms with Crippen molar-refractivity contribution >= 4 is 38.2 Å². The Hall–Kier alpha value is -2.23. The lowest BCUT2D eigenvalue weighted by Crippen LogP contribution is -2.30. The number of carbonyl (C=O) groups excluding carboxylic acids is 2. The van der Waals surface area contributed by atoms with Gasteiger partial charge in [-0.3, -0.25) is 4.79 Å². The van der Waals surface area contributed by atoms with Crippen LogP contribution >= 0.6 is 11.3 Å². The molecule has 9 heteroatoms. The molecule has 0 radical (unpaired) electrons. The van der Waals surface area contributed by atoms with Crippen molar-refractivity contribution in [2.75, 3.05) is 12.4 Å². The molecule has 0 aliphatic heterocycles. The Labute approximate surface area is 175 Å². The molecule has 1 amide bonds. The van der Waals surface area contributed by atoms with E-state index in [0.717, 1.165) is 5.56 Å². The minimum absolute atomic E-state index is 0.00119. The van der Waals surface area contributed by atoms with E-state index in [1.54, 1.807) is 13.8 Å². The molecule has 0 bridgehead atoms. The second-order valence-corrected chi connectivity index (χ2v) is 9.91. The van der Waals surface area contributed by atoms with E-state index in [1.165, 1.54) is 42.7 Å². The molecule has 0 unspecified atom stereocenters. The van der Waals surface area contributed by atoms with Crippen LogP contribution in [-0.2, 0) is 21.2 Å². The average molecular weight is 439 g/mol. The maximum Gasteiger partial charge on any atom is 0.341 e. The summed E-state index contributed by atoms with van der Waals surface area (Å²) in [6.45, 7) is 7.50. The third kappa shape index (κ3) is 5.88. The third-order valence-corrected chi connectivity index (χ3v) is 6.51. The predicted octanol–water partition coefficient (Wildman–Crippen LogP) is 3.67. The number of rotatable bonds is 8. The zero-order chi connectivity index (χ0) is 21.8. The van der Waals surface area contributed by atoms with E-state index in [1.807, 2.05) is 19.2 Å². The van der Waals surface area contributed by atoms with Crippen molar-refractivity contribution in [2.45, 2.75) is 45.1 Å². The average Bonchev–Trinajstić information content (AvgIpc) is 3.01. The highest BCUT2D eigenvalue weighted by Crippen LogP contribution is 2.31. The van der Waals surface area contributed by atoms with Crippen molar-refractivity contribution in [3.05, 3.63) is 46.3 Å². The van der Waals surface area contributed by atoms with Crippen LogP contribution in [0.4, 0.5) is 5.00 Å². The Morgan fingerprint density at radius 2 is 1.86 bits per heavy atom. The van der Waals surface area contributed by atoms with E-state index < -0.39 is 21.9 Å². The molecule has 0 saturated carbocycles. The number of sulfonamides is 1. The first-order valence-electron chi connectivity index (χ1n) is 9.17. The molecule has 0 spiro atoms. The van der Waals surface area contributed by atoms with Crippen molar-refractivity contribution in [2.24, 2.45) is 5.92 Å². The van der Waals surface area contributed by atoms with Crippen LogP contribution < -0.4 is 10.0 Å². The van der Waals surface area contributed by atoms with Gasteiger partial charge in [-0.2, -0.15) is 0 Å². The Morgan fingerprint density at radius 1 is 1.17 bits per heavy atom. The summed E-state index contributed by atoms with van der Waals surface area (Å²) in [6.07, 6.45) is 0.672. The number of methoxy groups -OCH3 is 1. The van der Waals surface area contributed by atoms with Crippen LogP contribution in [0, 0.1) is 5.92 Å². The van der Waals surface area contributed by atoms with Crippen LogP contribution in [0.1, 0.15) is 54.0 Å². The van der Waals surface area contributed by atoms with Crippen LogP contribution in [0.25, 0.3) is 0 Å². The third-order valence-electron chi connectivity index (χ3n) is 3.91. The molecule has 1 aromatic heterocycles. The summed E-state index contributed by atoms with van der Waals surface area (Å²) >= 11 is 1.24. The summed E-state index contributed by atoms with van der Waals surface area (Å²) in [7, 11) is -2.43. The van der Waals surface area contributed by atoms with E-state index in [4.69, 9.17) is 4.74 Å². The van der Waals surface area contributed by atoms with Crippen molar-refractivity contribution in [1.82, 2.24) is 4.72 Å². The SMILES string of the molecule is COC(=O)c1c(CC(C)C)csc1NC(=O)c1cccc(S(=O)(=O)NC(C)C)c1. The maximum absolute atomic E-state index is 12.7. The van der Waals surface area contributed by atoms with Gasteiger partial charge in [0.15, 0.2) is 0 Å². The fraction of sp³-hybridized carbons (Fsp3) is 0.400. The summed E-state index contributed by atoms with van der Waals surface area (Å²) < 4.78 is 32.1. The fourth-order valence-electron chi connectivity index (χ4n) is 2.76. The highest BCUT2D eigenvalue weighted by atomic mass is 32.2. The highest BCUT2D eigenvalue weighted by molar-refractivity contribution is 7.89. The molecule has 29 heavy (non-hydrogen) atoms. The molecule has 1 heterocycles. The van der Waals surface area contributed by atoms with Crippen molar-refractivity contribution in [3.8, 4) is 0 Å². The fourth-order valence-corrected chi connectivity index (χ4v) is 5.01. The Kier molecular flexibility index (Phi) is 7.56. The second-order valence-electron chi connectivity index (χ2n) is 7.31. The van der Waals surface area contributed by atoms with Gasteiger partial charge in [0.25, 0.3) is 5.91 Å². The zero-order valence-electron chi connectivity index (χ0n) is 17.1. The van der Waals surface area contributed by atoms with Gasteiger partial charge in [-0.15, -0.1) is 11.3 Å². The van der Waals surface area contributed by atoms with Crippen molar-refractivity contribution in [1.29, 1.82) is 0 Å². The zero-order valence-corrected chi connectivity index (χ0v) is 18.7. The lowest BCUT2D eigenvalue weighted by atomic mass is 10.0. The number of hydrogen-bond donors (Lipinski definition) is 2. The van der Waals surface area contributed by atoms with Gasteiger partial charge >= 0.3 is 5.97 Å². The van der Waals surface area contributed by atoms with Gasteiger partial charge in [0, 0.05) is 11.6 Å². The topological polar surface area (TPSA) is 102 Å². The number of hydrogen-bond acceptors (Lipinski definition) is 6. The van der Waals surface area contributed by atoms with Crippen LogP contribution in [0.2, 0.25) is 0 Å². The molecule has 2 N–H and O–H groups in total. The quantitative estimate of drug-likeness (QED) is 0.612. The summed E-state index contributed by atoms with van der Waals surface area (Å²) in [5.74, 6) is -0.698. The highest BCUT2D eigenvalue weighted by Gasteiger charge is 2.23. The van der Waals surface area contributed by atoms with E-state index in [-0.39, 0.29) is 16.5 Å². The first kappa shape index (κ1) is 23.1. The van der Waals surface area contributed by atoms with Gasteiger partial charge in [0.05, 0.1) is 17.6 Å². The summed E-state index contributed by atoms with van der Waals surface area (Å²) in [5.41, 5.74) is 1.32. The number of esters is 1. The van der Waals surface area contributed by atoms with Crippen molar-refractivity contribution in [3.63, 3.8) is 0 Å². The summed E-state index contributed by atoms with van der Waals surface area (Å²) in [4.78, 5) is 25.0. The molecule has 7 nitrogen and oxygen atoms in total. The Bertz CT molecular complexity index is 994.